The van der Waals surface area contributed by atoms with E-state index in [1.807, 2.05) is 18.4 Å². The van der Waals surface area contributed by atoms with Crippen LogP contribution in [0, 0.1) is 13.8 Å². The third kappa shape index (κ3) is 4.02. The first-order valence-electron chi connectivity index (χ1n) is 7.72. The van der Waals surface area contributed by atoms with E-state index in [-0.39, 0.29) is 11.0 Å². The van der Waals surface area contributed by atoms with Gasteiger partial charge in [-0.1, -0.05) is 31.0 Å². The normalized spacial score (nSPS) is 10.6. The average molecular weight is 333 g/mol. The molecule has 0 radical (unpaired) electrons. The molecule has 0 aliphatic rings. The Kier molecular flexibility index (Phi) is 5.61. The number of benzene rings is 1. The van der Waals surface area contributed by atoms with Crippen molar-refractivity contribution in [2.24, 2.45) is 0 Å². The number of carbonyl (C=O) groups excluding carboxylic acids is 1. The number of unbranched alkanes of at least 4 members (excludes halogenated alkanes) is 1. The maximum absolute atomic E-state index is 12.5. The molecule has 1 N–H and O–H groups in total. The summed E-state index contributed by atoms with van der Waals surface area (Å²) in [5, 5.41) is 3.28. The third-order valence-corrected chi connectivity index (χ3v) is 4.06. The standard InChI is InChI=1S/C18H21ClN2O2/c1-4-5-9-21-12(2)10-16(22)17(13(21)3)18(23)20-15-8-6-7-14(19)11-15/h6-8,10-11H,4-5,9H2,1-3H3,(H,20,23). The fourth-order valence-electron chi connectivity index (χ4n) is 2.61. The monoisotopic (exact) mass is 332 g/mol. The van der Waals surface area contributed by atoms with Gasteiger partial charge in [-0.3, -0.25) is 9.59 Å². The predicted molar refractivity (Wildman–Crippen MR) is 94.5 cm³/mol. The largest absolute Gasteiger partial charge is 0.348 e. The molecular formula is C18H21ClN2O2. The van der Waals surface area contributed by atoms with Crippen molar-refractivity contribution in [1.29, 1.82) is 0 Å². The van der Waals surface area contributed by atoms with Crippen LogP contribution in [0.1, 0.15) is 41.5 Å². The second kappa shape index (κ2) is 7.47. The van der Waals surface area contributed by atoms with Crippen molar-refractivity contribution in [3.8, 4) is 0 Å². The van der Waals surface area contributed by atoms with Crippen LogP contribution >= 0.6 is 11.6 Å². The summed E-state index contributed by atoms with van der Waals surface area (Å²) in [5.74, 6) is -0.403. The first kappa shape index (κ1) is 17.3. The highest BCUT2D eigenvalue weighted by atomic mass is 35.5. The molecule has 1 amide bonds. The molecule has 0 aliphatic heterocycles. The molecular weight excluding hydrogens is 312 g/mol. The van der Waals surface area contributed by atoms with Crippen LogP contribution in [0.3, 0.4) is 0 Å². The molecule has 0 fully saturated rings. The highest BCUT2D eigenvalue weighted by Crippen LogP contribution is 2.16. The fraction of sp³-hybridized carbons (Fsp3) is 0.333. The second-order valence-electron chi connectivity index (χ2n) is 5.58. The van der Waals surface area contributed by atoms with Crippen molar-refractivity contribution in [2.75, 3.05) is 5.32 Å². The van der Waals surface area contributed by atoms with E-state index in [9.17, 15) is 9.59 Å². The molecule has 1 heterocycles. The number of nitrogens with one attached hydrogen (secondary N) is 1. The molecule has 2 aromatic rings. The molecule has 1 aromatic carbocycles. The van der Waals surface area contributed by atoms with Gasteiger partial charge < -0.3 is 9.88 Å². The SMILES string of the molecule is CCCCn1c(C)cc(=O)c(C(=O)Nc2cccc(Cl)c2)c1C. The molecule has 0 aliphatic carbocycles. The van der Waals surface area contributed by atoms with Crippen molar-refractivity contribution in [3.05, 3.63) is 62.5 Å². The zero-order valence-electron chi connectivity index (χ0n) is 13.6. The Hall–Kier alpha value is -2.07. The molecule has 5 heteroatoms. The molecule has 2 rings (SSSR count). The zero-order valence-corrected chi connectivity index (χ0v) is 14.4. The van der Waals surface area contributed by atoms with Crippen molar-refractivity contribution < 1.29 is 4.79 Å². The van der Waals surface area contributed by atoms with Gasteiger partial charge in [-0.05, 0) is 38.5 Å². The van der Waals surface area contributed by atoms with Crippen molar-refractivity contribution in [3.63, 3.8) is 0 Å². The summed E-state index contributed by atoms with van der Waals surface area (Å²) >= 11 is 5.92. The Morgan fingerprint density at radius 2 is 2.00 bits per heavy atom. The van der Waals surface area contributed by atoms with Gasteiger partial charge in [0.05, 0.1) is 0 Å². The number of amides is 1. The van der Waals surface area contributed by atoms with E-state index in [0.29, 0.717) is 16.4 Å². The van der Waals surface area contributed by atoms with Gasteiger partial charge in [0.25, 0.3) is 5.91 Å². The molecule has 1 aromatic heterocycles. The quantitative estimate of drug-likeness (QED) is 0.893. The van der Waals surface area contributed by atoms with Gasteiger partial charge in [0, 0.05) is 34.7 Å². The number of hydrogen-bond donors (Lipinski definition) is 1. The van der Waals surface area contributed by atoms with Crippen LogP contribution in [0.4, 0.5) is 5.69 Å². The van der Waals surface area contributed by atoms with E-state index in [1.165, 1.54) is 6.07 Å². The van der Waals surface area contributed by atoms with Crippen LogP contribution in [-0.4, -0.2) is 10.5 Å². The average Bonchev–Trinajstić information content (AvgIpc) is 2.46. The first-order chi connectivity index (χ1) is 10.9. The zero-order chi connectivity index (χ0) is 17.0. The van der Waals surface area contributed by atoms with Crippen LogP contribution < -0.4 is 10.7 Å². The summed E-state index contributed by atoms with van der Waals surface area (Å²) in [7, 11) is 0. The van der Waals surface area contributed by atoms with Gasteiger partial charge in [0.2, 0.25) is 0 Å². The van der Waals surface area contributed by atoms with Crippen LogP contribution in [0.15, 0.2) is 35.1 Å². The van der Waals surface area contributed by atoms with Crippen molar-refractivity contribution in [2.45, 2.75) is 40.2 Å². The van der Waals surface area contributed by atoms with Gasteiger partial charge in [0.1, 0.15) is 5.56 Å². The van der Waals surface area contributed by atoms with Crippen LogP contribution in [0.5, 0.6) is 0 Å². The van der Waals surface area contributed by atoms with Crippen LogP contribution in [0.2, 0.25) is 5.02 Å². The van der Waals surface area contributed by atoms with Crippen molar-refractivity contribution >= 4 is 23.2 Å². The lowest BCUT2D eigenvalue weighted by molar-refractivity contribution is 0.102. The number of carbonyl (C=O) groups is 1. The summed E-state index contributed by atoms with van der Waals surface area (Å²) in [4.78, 5) is 24.8. The lowest BCUT2D eigenvalue weighted by Crippen LogP contribution is -2.27. The Morgan fingerprint density at radius 1 is 1.26 bits per heavy atom. The highest BCUT2D eigenvalue weighted by Gasteiger charge is 2.17. The molecule has 122 valence electrons. The fourth-order valence-corrected chi connectivity index (χ4v) is 2.80. The van der Waals surface area contributed by atoms with Gasteiger partial charge in [-0.15, -0.1) is 0 Å². The highest BCUT2D eigenvalue weighted by molar-refractivity contribution is 6.30. The third-order valence-electron chi connectivity index (χ3n) is 3.82. The summed E-state index contributed by atoms with van der Waals surface area (Å²) in [6.45, 7) is 6.62. The second-order valence-corrected chi connectivity index (χ2v) is 6.02. The molecule has 0 saturated carbocycles. The van der Waals surface area contributed by atoms with E-state index in [0.717, 1.165) is 25.1 Å². The van der Waals surface area contributed by atoms with Crippen LogP contribution in [0.25, 0.3) is 0 Å². The molecule has 0 spiro atoms. The molecule has 0 atom stereocenters. The number of nitrogens with zero attached hydrogens (tertiary/aromatic N) is 1. The van der Waals surface area contributed by atoms with E-state index >= 15 is 0 Å². The summed E-state index contributed by atoms with van der Waals surface area (Å²) in [5.41, 5.74) is 2.07. The first-order valence-corrected chi connectivity index (χ1v) is 8.09. The topological polar surface area (TPSA) is 51.1 Å². The summed E-state index contributed by atoms with van der Waals surface area (Å²) < 4.78 is 2.03. The van der Waals surface area contributed by atoms with E-state index in [1.54, 1.807) is 24.3 Å². The van der Waals surface area contributed by atoms with Gasteiger partial charge in [-0.2, -0.15) is 0 Å². The minimum Gasteiger partial charge on any atom is -0.348 e. The van der Waals surface area contributed by atoms with Crippen LogP contribution in [-0.2, 0) is 6.54 Å². The van der Waals surface area contributed by atoms with E-state index in [4.69, 9.17) is 11.6 Å². The number of halogens is 1. The van der Waals surface area contributed by atoms with Gasteiger partial charge in [0.15, 0.2) is 5.43 Å². The Balaban J connectivity index is 2.38. The lowest BCUT2D eigenvalue weighted by Gasteiger charge is -2.17. The van der Waals surface area contributed by atoms with Crippen molar-refractivity contribution in [1.82, 2.24) is 4.57 Å². The number of aryl methyl sites for hydroxylation is 1. The maximum atomic E-state index is 12.5. The molecule has 0 unspecified atom stereocenters. The van der Waals surface area contributed by atoms with Gasteiger partial charge in [-0.25, -0.2) is 0 Å². The lowest BCUT2D eigenvalue weighted by atomic mass is 10.1. The molecule has 0 bridgehead atoms. The van der Waals surface area contributed by atoms with E-state index in [2.05, 4.69) is 12.2 Å². The minimum absolute atomic E-state index is 0.187. The molecule has 23 heavy (non-hydrogen) atoms. The summed E-state index contributed by atoms with van der Waals surface area (Å²) in [6.07, 6.45) is 2.05. The molecule has 4 nitrogen and oxygen atoms in total. The number of anilines is 1. The predicted octanol–water partition coefficient (Wildman–Crippen LogP) is 4.17. The Labute approximate surface area is 141 Å². The van der Waals surface area contributed by atoms with E-state index < -0.39 is 5.91 Å². The Bertz CT molecular complexity index is 781. The number of hydrogen-bond acceptors (Lipinski definition) is 2. The Morgan fingerprint density at radius 3 is 2.65 bits per heavy atom. The minimum atomic E-state index is -0.403. The number of aromatic nitrogens is 1. The van der Waals surface area contributed by atoms with Gasteiger partial charge >= 0.3 is 0 Å². The molecule has 0 saturated heterocycles. The number of pyridine rings is 1. The smallest absolute Gasteiger partial charge is 0.261 e. The number of rotatable bonds is 5. The summed E-state index contributed by atoms with van der Waals surface area (Å²) in [6, 6.07) is 8.39. The maximum Gasteiger partial charge on any atom is 0.261 e.